The molecule has 0 bridgehead atoms. The van der Waals surface area contributed by atoms with E-state index in [1.54, 1.807) is 4.90 Å². The highest BCUT2D eigenvalue weighted by Crippen LogP contribution is 2.15. The molecule has 1 fully saturated rings. The molecule has 0 radical (unpaired) electrons. The lowest BCUT2D eigenvalue weighted by Gasteiger charge is -2.14. The molecule has 0 N–H and O–H groups in total. The van der Waals surface area contributed by atoms with Gasteiger partial charge in [0.2, 0.25) is 0 Å². The summed E-state index contributed by atoms with van der Waals surface area (Å²) in [5, 5.41) is 0. The summed E-state index contributed by atoms with van der Waals surface area (Å²) >= 11 is 0. The number of carbonyl (C=O) groups excluding carboxylic acids is 1. The van der Waals surface area contributed by atoms with Gasteiger partial charge in [0.05, 0.1) is 6.04 Å². The van der Waals surface area contributed by atoms with Gasteiger partial charge in [0.1, 0.15) is 6.61 Å². The highest BCUT2D eigenvalue weighted by atomic mass is 16.6. The molecule has 1 aliphatic heterocycles. The molecule has 92 valence electrons. The maximum absolute atomic E-state index is 11.4. The molecular weight excluding hydrogens is 202 g/mol. The van der Waals surface area contributed by atoms with E-state index in [4.69, 9.17) is 4.74 Å². The van der Waals surface area contributed by atoms with Crippen LogP contribution in [0.4, 0.5) is 4.79 Å². The SMILES string of the molecule is CCCCCC/C=C/N1C(=O)OC[C@H]1CC. The fourth-order valence-corrected chi connectivity index (χ4v) is 1.85. The Labute approximate surface area is 98.5 Å². The van der Waals surface area contributed by atoms with Crippen molar-refractivity contribution in [3.63, 3.8) is 0 Å². The second kappa shape index (κ2) is 7.31. The van der Waals surface area contributed by atoms with Gasteiger partial charge >= 0.3 is 6.09 Å². The van der Waals surface area contributed by atoms with Crippen LogP contribution in [0.2, 0.25) is 0 Å². The summed E-state index contributed by atoms with van der Waals surface area (Å²) in [6.07, 6.45) is 10.9. The van der Waals surface area contributed by atoms with Gasteiger partial charge in [-0.2, -0.15) is 0 Å². The summed E-state index contributed by atoms with van der Waals surface area (Å²) in [5.41, 5.74) is 0. The minimum Gasteiger partial charge on any atom is -0.447 e. The van der Waals surface area contributed by atoms with Crippen molar-refractivity contribution in [2.24, 2.45) is 0 Å². The zero-order chi connectivity index (χ0) is 11.8. The minimum absolute atomic E-state index is 0.198. The molecule has 3 heteroatoms. The van der Waals surface area contributed by atoms with E-state index in [1.807, 2.05) is 6.20 Å². The van der Waals surface area contributed by atoms with E-state index in [-0.39, 0.29) is 12.1 Å². The Balaban J connectivity index is 2.23. The normalized spacial score (nSPS) is 20.8. The smallest absolute Gasteiger partial charge is 0.414 e. The van der Waals surface area contributed by atoms with Crippen molar-refractivity contribution in [2.75, 3.05) is 6.61 Å². The molecule has 1 rings (SSSR count). The van der Waals surface area contributed by atoms with Crippen LogP contribution in [0.1, 0.15) is 52.4 Å². The molecule has 1 amide bonds. The van der Waals surface area contributed by atoms with Crippen molar-refractivity contribution in [3.05, 3.63) is 12.3 Å². The zero-order valence-corrected chi connectivity index (χ0v) is 10.4. The van der Waals surface area contributed by atoms with E-state index in [9.17, 15) is 4.79 Å². The second-order valence-electron chi connectivity index (χ2n) is 4.28. The number of cyclic esters (lactones) is 1. The van der Waals surface area contributed by atoms with Crippen LogP contribution in [0.5, 0.6) is 0 Å². The van der Waals surface area contributed by atoms with Crippen LogP contribution >= 0.6 is 0 Å². The fraction of sp³-hybridized carbons (Fsp3) is 0.769. The van der Waals surface area contributed by atoms with Crippen molar-refractivity contribution in [2.45, 2.75) is 58.4 Å². The molecule has 16 heavy (non-hydrogen) atoms. The number of nitrogens with zero attached hydrogens (tertiary/aromatic N) is 1. The van der Waals surface area contributed by atoms with Crippen LogP contribution in [0.25, 0.3) is 0 Å². The van der Waals surface area contributed by atoms with Gasteiger partial charge in [-0.1, -0.05) is 39.2 Å². The summed E-state index contributed by atoms with van der Waals surface area (Å²) in [7, 11) is 0. The fourth-order valence-electron chi connectivity index (χ4n) is 1.85. The molecule has 1 aliphatic rings. The molecule has 0 aromatic heterocycles. The number of hydrogen-bond acceptors (Lipinski definition) is 2. The largest absolute Gasteiger partial charge is 0.447 e. The van der Waals surface area contributed by atoms with Crippen molar-refractivity contribution in [1.82, 2.24) is 4.90 Å². The summed E-state index contributed by atoms with van der Waals surface area (Å²) < 4.78 is 5.00. The quantitative estimate of drug-likeness (QED) is 0.618. The van der Waals surface area contributed by atoms with Gasteiger partial charge in [-0.05, 0) is 19.3 Å². The third kappa shape index (κ3) is 3.87. The molecule has 0 unspecified atom stereocenters. The predicted octanol–water partition coefficient (Wildman–Crippen LogP) is 3.70. The van der Waals surface area contributed by atoms with Crippen molar-refractivity contribution < 1.29 is 9.53 Å². The Bertz CT molecular complexity index is 238. The number of hydrogen-bond donors (Lipinski definition) is 0. The lowest BCUT2D eigenvalue weighted by atomic mass is 10.1. The Morgan fingerprint density at radius 2 is 2.19 bits per heavy atom. The monoisotopic (exact) mass is 225 g/mol. The van der Waals surface area contributed by atoms with Gasteiger partial charge in [0.25, 0.3) is 0 Å². The van der Waals surface area contributed by atoms with Gasteiger partial charge in [0, 0.05) is 6.20 Å². The van der Waals surface area contributed by atoms with Gasteiger partial charge in [-0.3, -0.25) is 4.90 Å². The Hall–Kier alpha value is -0.990. The van der Waals surface area contributed by atoms with E-state index >= 15 is 0 Å². The van der Waals surface area contributed by atoms with E-state index in [0.29, 0.717) is 6.61 Å². The lowest BCUT2D eigenvalue weighted by molar-refractivity contribution is 0.166. The molecular formula is C13H23NO2. The van der Waals surface area contributed by atoms with Crippen LogP contribution in [0.15, 0.2) is 12.3 Å². The van der Waals surface area contributed by atoms with E-state index in [0.717, 1.165) is 12.8 Å². The standard InChI is InChI=1S/C13H23NO2/c1-3-5-6-7-8-9-10-14-12(4-2)11-16-13(14)15/h9-10,12H,3-8,11H2,1-2H3/b10-9+/t12-/m1/s1. The van der Waals surface area contributed by atoms with Gasteiger partial charge < -0.3 is 4.74 Å². The molecule has 0 aromatic rings. The first-order chi connectivity index (χ1) is 7.79. The summed E-state index contributed by atoms with van der Waals surface area (Å²) in [6, 6.07) is 0.236. The van der Waals surface area contributed by atoms with Crippen molar-refractivity contribution >= 4 is 6.09 Å². The molecule has 0 saturated carbocycles. The number of ether oxygens (including phenoxy) is 1. The van der Waals surface area contributed by atoms with Crippen LogP contribution in [-0.4, -0.2) is 23.6 Å². The highest BCUT2D eigenvalue weighted by Gasteiger charge is 2.29. The van der Waals surface area contributed by atoms with Crippen molar-refractivity contribution in [1.29, 1.82) is 0 Å². The second-order valence-corrected chi connectivity index (χ2v) is 4.28. The van der Waals surface area contributed by atoms with Crippen LogP contribution in [-0.2, 0) is 4.74 Å². The average Bonchev–Trinajstić information content (AvgIpc) is 2.65. The van der Waals surface area contributed by atoms with E-state index in [1.165, 1.54) is 25.7 Å². The molecule has 1 heterocycles. The first-order valence-corrected chi connectivity index (χ1v) is 6.41. The Kier molecular flexibility index (Phi) is 5.98. The lowest BCUT2D eigenvalue weighted by Crippen LogP contribution is -2.27. The zero-order valence-electron chi connectivity index (χ0n) is 10.4. The van der Waals surface area contributed by atoms with Gasteiger partial charge in [0.15, 0.2) is 0 Å². The third-order valence-corrected chi connectivity index (χ3v) is 2.97. The molecule has 0 spiro atoms. The van der Waals surface area contributed by atoms with E-state index in [2.05, 4.69) is 19.9 Å². The van der Waals surface area contributed by atoms with Gasteiger partial charge in [-0.25, -0.2) is 4.79 Å². The van der Waals surface area contributed by atoms with Crippen LogP contribution in [0, 0.1) is 0 Å². The molecule has 1 atom stereocenters. The number of carbonyl (C=O) groups is 1. The maximum Gasteiger partial charge on any atom is 0.414 e. The number of rotatable bonds is 7. The molecule has 0 aliphatic carbocycles. The molecule has 3 nitrogen and oxygen atoms in total. The van der Waals surface area contributed by atoms with Crippen LogP contribution in [0.3, 0.4) is 0 Å². The topological polar surface area (TPSA) is 29.5 Å². The minimum atomic E-state index is -0.198. The molecule has 1 saturated heterocycles. The summed E-state index contributed by atoms with van der Waals surface area (Å²) in [5.74, 6) is 0. The Morgan fingerprint density at radius 1 is 1.38 bits per heavy atom. The highest BCUT2D eigenvalue weighted by molar-refractivity contribution is 5.71. The number of amides is 1. The van der Waals surface area contributed by atoms with Crippen molar-refractivity contribution in [3.8, 4) is 0 Å². The molecule has 0 aromatic carbocycles. The maximum atomic E-state index is 11.4. The van der Waals surface area contributed by atoms with Gasteiger partial charge in [-0.15, -0.1) is 0 Å². The first kappa shape index (κ1) is 13.1. The summed E-state index contributed by atoms with van der Waals surface area (Å²) in [4.78, 5) is 13.1. The average molecular weight is 225 g/mol. The first-order valence-electron chi connectivity index (χ1n) is 6.41. The number of allylic oxidation sites excluding steroid dienone is 1. The number of unbranched alkanes of at least 4 members (excludes halogenated alkanes) is 4. The third-order valence-electron chi connectivity index (χ3n) is 2.97. The van der Waals surface area contributed by atoms with Crippen LogP contribution < -0.4 is 0 Å². The Morgan fingerprint density at radius 3 is 2.88 bits per heavy atom. The summed E-state index contributed by atoms with van der Waals surface area (Å²) in [6.45, 7) is 4.83. The van der Waals surface area contributed by atoms with E-state index < -0.39 is 0 Å². The predicted molar refractivity (Wildman–Crippen MR) is 65.2 cm³/mol.